The highest BCUT2D eigenvalue weighted by atomic mass is 32.1. The Labute approximate surface area is 109 Å². The third-order valence-electron chi connectivity index (χ3n) is 1.92. The van der Waals surface area contributed by atoms with Gasteiger partial charge in [0, 0.05) is 12.5 Å². The summed E-state index contributed by atoms with van der Waals surface area (Å²) < 4.78 is 5.20. The highest BCUT2D eigenvalue weighted by Gasteiger charge is 2.20. The molecular weight excluding hydrogens is 236 g/mol. The molecule has 4 nitrogen and oxygen atoms in total. The van der Waals surface area contributed by atoms with E-state index in [1.807, 2.05) is 20.8 Å². The van der Waals surface area contributed by atoms with Crippen LogP contribution in [0, 0.1) is 5.92 Å². The van der Waals surface area contributed by atoms with Crippen LogP contribution in [0.25, 0.3) is 0 Å². The fourth-order valence-electron chi connectivity index (χ4n) is 1.48. The predicted octanol–water partition coefficient (Wildman–Crippen LogP) is 2.60. The monoisotopic (exact) mass is 260 g/mol. The third kappa shape index (κ3) is 10.1. The topological polar surface area (TPSA) is 64.3 Å². The second-order valence-electron chi connectivity index (χ2n) is 5.64. The molecule has 0 aliphatic heterocycles. The summed E-state index contributed by atoms with van der Waals surface area (Å²) >= 11 is 4.87. The number of hydrogen-bond acceptors (Lipinski definition) is 3. The van der Waals surface area contributed by atoms with Crippen LogP contribution in [0.1, 0.15) is 47.5 Å². The van der Waals surface area contributed by atoms with Crippen LogP contribution in [0.2, 0.25) is 0 Å². The van der Waals surface area contributed by atoms with Gasteiger partial charge < -0.3 is 15.8 Å². The molecule has 0 aliphatic rings. The van der Waals surface area contributed by atoms with Gasteiger partial charge in [-0.3, -0.25) is 0 Å². The zero-order chi connectivity index (χ0) is 13.6. The lowest BCUT2D eigenvalue weighted by Gasteiger charge is -2.24. The number of nitrogens with one attached hydrogen (secondary N) is 1. The fourth-order valence-corrected chi connectivity index (χ4v) is 1.68. The lowest BCUT2D eigenvalue weighted by Crippen LogP contribution is -2.41. The SMILES string of the molecule is CC(C)C[C@@H](CC(N)=S)NC(=O)OC(C)(C)C. The molecule has 100 valence electrons. The Morgan fingerprint density at radius 1 is 1.41 bits per heavy atom. The lowest BCUT2D eigenvalue weighted by molar-refractivity contribution is 0.0500. The minimum Gasteiger partial charge on any atom is -0.444 e. The summed E-state index contributed by atoms with van der Waals surface area (Å²) in [5, 5.41) is 2.81. The molecular formula is C12H24N2O2S. The zero-order valence-electron chi connectivity index (χ0n) is 11.4. The van der Waals surface area contributed by atoms with E-state index < -0.39 is 11.7 Å². The van der Waals surface area contributed by atoms with Crippen LogP contribution >= 0.6 is 12.2 Å². The van der Waals surface area contributed by atoms with Gasteiger partial charge in [0.05, 0.1) is 4.99 Å². The Morgan fingerprint density at radius 2 is 1.94 bits per heavy atom. The average Bonchev–Trinajstić information content (AvgIpc) is 1.95. The second kappa shape index (κ2) is 6.79. The number of carbonyl (C=O) groups is 1. The molecule has 17 heavy (non-hydrogen) atoms. The Kier molecular flexibility index (Phi) is 6.45. The molecule has 0 aliphatic carbocycles. The van der Waals surface area contributed by atoms with Crippen molar-refractivity contribution in [2.45, 2.75) is 59.1 Å². The maximum absolute atomic E-state index is 11.6. The van der Waals surface area contributed by atoms with E-state index in [1.165, 1.54) is 0 Å². The average molecular weight is 260 g/mol. The van der Waals surface area contributed by atoms with Crippen molar-refractivity contribution in [2.24, 2.45) is 11.7 Å². The second-order valence-corrected chi connectivity index (χ2v) is 6.17. The Balaban J connectivity index is 4.32. The number of thiocarbonyl (C=S) groups is 1. The summed E-state index contributed by atoms with van der Waals surface area (Å²) in [4.78, 5) is 12.0. The molecule has 0 spiro atoms. The summed E-state index contributed by atoms with van der Waals surface area (Å²) in [5.74, 6) is 0.462. The van der Waals surface area contributed by atoms with Crippen molar-refractivity contribution in [1.82, 2.24) is 5.32 Å². The van der Waals surface area contributed by atoms with Crippen LogP contribution in [0.4, 0.5) is 4.79 Å². The van der Waals surface area contributed by atoms with Gasteiger partial charge in [0.2, 0.25) is 0 Å². The smallest absolute Gasteiger partial charge is 0.407 e. The Bertz CT molecular complexity index is 272. The van der Waals surface area contributed by atoms with E-state index in [0.717, 1.165) is 6.42 Å². The Hall–Kier alpha value is -0.840. The molecule has 0 rings (SSSR count). The van der Waals surface area contributed by atoms with E-state index in [2.05, 4.69) is 19.2 Å². The standard InChI is InChI=1S/C12H24N2O2S/c1-8(2)6-9(7-10(13)17)14-11(15)16-12(3,4)5/h8-9H,6-7H2,1-5H3,(H2,13,17)(H,14,15)/t9-/m0/s1. The maximum atomic E-state index is 11.6. The number of alkyl carbamates (subject to hydrolysis) is 1. The normalized spacial score (nSPS) is 13.3. The summed E-state index contributed by atoms with van der Waals surface area (Å²) in [5.41, 5.74) is 5.02. The first kappa shape index (κ1) is 16.2. The van der Waals surface area contributed by atoms with Crippen LogP contribution in [0.15, 0.2) is 0 Å². The Morgan fingerprint density at radius 3 is 2.29 bits per heavy atom. The molecule has 0 bridgehead atoms. The van der Waals surface area contributed by atoms with Crippen molar-refractivity contribution >= 4 is 23.3 Å². The van der Waals surface area contributed by atoms with Crippen molar-refractivity contribution in [1.29, 1.82) is 0 Å². The quantitative estimate of drug-likeness (QED) is 0.746. The number of amides is 1. The van der Waals surface area contributed by atoms with Crippen molar-refractivity contribution in [2.75, 3.05) is 0 Å². The molecule has 0 radical (unpaired) electrons. The molecule has 3 N–H and O–H groups in total. The molecule has 0 aromatic heterocycles. The predicted molar refractivity (Wildman–Crippen MR) is 74.0 cm³/mol. The number of ether oxygens (including phenoxy) is 1. The molecule has 0 saturated heterocycles. The van der Waals surface area contributed by atoms with E-state index >= 15 is 0 Å². The van der Waals surface area contributed by atoms with Crippen LogP contribution in [0.3, 0.4) is 0 Å². The molecule has 0 aromatic carbocycles. The van der Waals surface area contributed by atoms with E-state index in [9.17, 15) is 4.79 Å². The molecule has 5 heteroatoms. The largest absolute Gasteiger partial charge is 0.444 e. The molecule has 0 aromatic rings. The minimum absolute atomic E-state index is 0.0534. The summed E-state index contributed by atoms with van der Waals surface area (Å²) in [6.45, 7) is 9.67. The van der Waals surface area contributed by atoms with Gasteiger partial charge in [-0.1, -0.05) is 26.1 Å². The van der Waals surface area contributed by atoms with Crippen LogP contribution in [-0.2, 0) is 4.74 Å². The van der Waals surface area contributed by atoms with E-state index in [1.54, 1.807) is 0 Å². The number of nitrogens with two attached hydrogens (primary N) is 1. The van der Waals surface area contributed by atoms with Gasteiger partial charge in [0.1, 0.15) is 5.60 Å². The van der Waals surface area contributed by atoms with Gasteiger partial charge in [-0.15, -0.1) is 0 Å². The number of rotatable bonds is 5. The lowest BCUT2D eigenvalue weighted by atomic mass is 10.0. The van der Waals surface area contributed by atoms with E-state index in [4.69, 9.17) is 22.7 Å². The van der Waals surface area contributed by atoms with Gasteiger partial charge in [0.15, 0.2) is 0 Å². The summed E-state index contributed by atoms with van der Waals surface area (Å²) in [6.07, 6.45) is 0.919. The fraction of sp³-hybridized carbons (Fsp3) is 0.833. The van der Waals surface area contributed by atoms with Gasteiger partial charge in [-0.2, -0.15) is 0 Å². The van der Waals surface area contributed by atoms with Gasteiger partial charge in [0.25, 0.3) is 0 Å². The summed E-state index contributed by atoms with van der Waals surface area (Å²) in [6, 6.07) is -0.0534. The molecule has 1 amide bonds. The molecule has 1 atom stereocenters. The van der Waals surface area contributed by atoms with Crippen LogP contribution in [0.5, 0.6) is 0 Å². The van der Waals surface area contributed by atoms with Crippen LogP contribution in [-0.4, -0.2) is 22.7 Å². The zero-order valence-corrected chi connectivity index (χ0v) is 12.2. The highest BCUT2D eigenvalue weighted by Crippen LogP contribution is 2.11. The first-order valence-electron chi connectivity index (χ1n) is 5.88. The van der Waals surface area contributed by atoms with E-state index in [0.29, 0.717) is 17.3 Å². The minimum atomic E-state index is -0.490. The third-order valence-corrected chi connectivity index (χ3v) is 2.09. The molecule has 0 fully saturated rings. The molecule has 0 saturated carbocycles. The van der Waals surface area contributed by atoms with Crippen molar-refractivity contribution in [3.8, 4) is 0 Å². The van der Waals surface area contributed by atoms with Gasteiger partial charge >= 0.3 is 6.09 Å². The highest BCUT2D eigenvalue weighted by molar-refractivity contribution is 7.80. The maximum Gasteiger partial charge on any atom is 0.407 e. The van der Waals surface area contributed by atoms with E-state index in [-0.39, 0.29) is 6.04 Å². The number of hydrogen-bond donors (Lipinski definition) is 2. The molecule has 0 heterocycles. The summed E-state index contributed by atoms with van der Waals surface area (Å²) in [7, 11) is 0. The van der Waals surface area contributed by atoms with Crippen molar-refractivity contribution in [3.05, 3.63) is 0 Å². The van der Waals surface area contributed by atoms with Crippen LogP contribution < -0.4 is 11.1 Å². The number of carbonyl (C=O) groups excluding carboxylic acids is 1. The first-order chi connectivity index (χ1) is 7.60. The first-order valence-corrected chi connectivity index (χ1v) is 6.29. The van der Waals surface area contributed by atoms with Gasteiger partial charge in [-0.05, 0) is 33.1 Å². The van der Waals surface area contributed by atoms with Crippen molar-refractivity contribution < 1.29 is 9.53 Å². The van der Waals surface area contributed by atoms with Gasteiger partial charge in [-0.25, -0.2) is 4.79 Å². The van der Waals surface area contributed by atoms with Crippen molar-refractivity contribution in [3.63, 3.8) is 0 Å². The molecule has 0 unspecified atom stereocenters.